The molecule has 3 aliphatic rings. The number of esters is 1. The molecule has 2 atom stereocenters. The lowest BCUT2D eigenvalue weighted by Gasteiger charge is -2.36. The Morgan fingerprint density at radius 2 is 1.69 bits per heavy atom. The number of rotatable bonds is 6. The van der Waals surface area contributed by atoms with E-state index in [0.29, 0.717) is 24.4 Å². The smallest absolute Gasteiger partial charge is 0.315 e. The molecular weight excluding hydrogens is 438 g/mol. The first kappa shape index (κ1) is 23.5. The SMILES string of the molecule is CC1=NC2=C(C(=O)CCC2)[C@@H](c2ccccc2OCc2ccccc2)C1C(=O)OC1CCCCC1. The van der Waals surface area contributed by atoms with Gasteiger partial charge in [-0.2, -0.15) is 0 Å². The number of Topliss-reactive ketones (excluding diaryl/α,β-unsaturated/α-hetero) is 1. The predicted molar refractivity (Wildman–Crippen MR) is 135 cm³/mol. The van der Waals surface area contributed by atoms with E-state index in [0.717, 1.165) is 61.1 Å². The number of carbonyl (C=O) groups is 2. The average Bonchev–Trinajstić information content (AvgIpc) is 2.88. The maximum Gasteiger partial charge on any atom is 0.315 e. The number of benzene rings is 2. The summed E-state index contributed by atoms with van der Waals surface area (Å²) < 4.78 is 12.3. The van der Waals surface area contributed by atoms with Gasteiger partial charge in [-0.05, 0) is 57.1 Å². The summed E-state index contributed by atoms with van der Waals surface area (Å²) in [4.78, 5) is 31.7. The molecule has 5 nitrogen and oxygen atoms in total. The second-order valence-electron chi connectivity index (χ2n) is 9.85. The van der Waals surface area contributed by atoms with Gasteiger partial charge in [-0.1, -0.05) is 55.0 Å². The summed E-state index contributed by atoms with van der Waals surface area (Å²) in [5.41, 5.74) is 4.13. The van der Waals surface area contributed by atoms with E-state index < -0.39 is 11.8 Å². The summed E-state index contributed by atoms with van der Waals surface area (Å²) in [6.45, 7) is 2.31. The largest absolute Gasteiger partial charge is 0.489 e. The number of aliphatic imine (C=N–C) groups is 1. The minimum absolute atomic E-state index is 0.0493. The molecule has 2 aromatic rings. The van der Waals surface area contributed by atoms with Gasteiger partial charge in [-0.3, -0.25) is 14.6 Å². The van der Waals surface area contributed by atoms with Crippen LogP contribution in [0, 0.1) is 5.92 Å². The van der Waals surface area contributed by atoms with Crippen molar-refractivity contribution in [2.24, 2.45) is 10.9 Å². The third kappa shape index (κ3) is 5.09. The first-order chi connectivity index (χ1) is 17.1. The maximum absolute atomic E-state index is 13.7. The molecule has 1 aliphatic heterocycles. The fraction of sp³-hybridized carbons (Fsp3) is 0.433. The van der Waals surface area contributed by atoms with Gasteiger partial charge in [0, 0.05) is 34.9 Å². The molecule has 35 heavy (non-hydrogen) atoms. The van der Waals surface area contributed by atoms with E-state index in [1.54, 1.807) is 0 Å². The van der Waals surface area contributed by atoms with Crippen LogP contribution in [-0.4, -0.2) is 23.6 Å². The minimum atomic E-state index is -0.626. The predicted octanol–water partition coefficient (Wildman–Crippen LogP) is 6.32. The van der Waals surface area contributed by atoms with Crippen LogP contribution in [0.1, 0.15) is 75.3 Å². The molecular formula is C30H33NO4. The number of allylic oxidation sites excluding steroid dienone is 2. The Labute approximate surface area is 207 Å². The molecule has 2 aliphatic carbocycles. The van der Waals surface area contributed by atoms with Crippen molar-refractivity contribution in [3.05, 3.63) is 77.0 Å². The van der Waals surface area contributed by atoms with Gasteiger partial charge in [0.25, 0.3) is 0 Å². The van der Waals surface area contributed by atoms with Crippen LogP contribution in [0.25, 0.3) is 0 Å². The van der Waals surface area contributed by atoms with Gasteiger partial charge in [-0.15, -0.1) is 0 Å². The Hall–Kier alpha value is -3.21. The number of ether oxygens (including phenoxy) is 2. The van der Waals surface area contributed by atoms with Crippen LogP contribution >= 0.6 is 0 Å². The highest BCUT2D eigenvalue weighted by Crippen LogP contribution is 2.46. The summed E-state index contributed by atoms with van der Waals surface area (Å²) >= 11 is 0. The number of carbonyl (C=O) groups excluding carboxylic acids is 2. The van der Waals surface area contributed by atoms with Crippen LogP contribution in [0.3, 0.4) is 0 Å². The van der Waals surface area contributed by atoms with Crippen molar-refractivity contribution in [2.45, 2.75) is 76.9 Å². The van der Waals surface area contributed by atoms with Gasteiger partial charge in [0.05, 0.1) is 0 Å². The molecule has 0 bridgehead atoms. The number of hydrogen-bond donors (Lipinski definition) is 0. The number of hydrogen-bond acceptors (Lipinski definition) is 5. The van der Waals surface area contributed by atoms with Gasteiger partial charge in [0.1, 0.15) is 24.4 Å². The van der Waals surface area contributed by atoms with Crippen molar-refractivity contribution < 1.29 is 19.1 Å². The second-order valence-corrected chi connectivity index (χ2v) is 9.85. The number of para-hydroxylation sites is 1. The molecule has 1 unspecified atom stereocenters. The molecule has 0 N–H and O–H groups in total. The standard InChI is InChI=1S/C30H33NO4/c1-20-27(30(33)35-22-13-6-3-7-14-22)28(29-24(31-20)16-10-17-25(29)32)23-15-8-9-18-26(23)34-19-21-11-4-2-5-12-21/h2,4-5,8-9,11-12,15,18,22,27-28H,3,6-7,10,13-14,16-17,19H2,1H3/t27?,28-/m0/s1. The first-order valence-electron chi connectivity index (χ1n) is 12.9. The third-order valence-corrected chi connectivity index (χ3v) is 7.41. The molecule has 1 fully saturated rings. The quantitative estimate of drug-likeness (QED) is 0.462. The van der Waals surface area contributed by atoms with Crippen molar-refractivity contribution >= 4 is 17.5 Å². The van der Waals surface area contributed by atoms with E-state index in [1.807, 2.05) is 61.5 Å². The summed E-state index contributed by atoms with van der Waals surface area (Å²) in [5, 5.41) is 0. The van der Waals surface area contributed by atoms with Gasteiger partial charge in [-0.25, -0.2) is 0 Å². The number of nitrogens with zero attached hydrogens (tertiary/aromatic N) is 1. The molecule has 0 spiro atoms. The van der Waals surface area contributed by atoms with Gasteiger partial charge in [0.2, 0.25) is 0 Å². The Kier molecular flexibility index (Phi) is 7.12. The molecule has 0 aromatic heterocycles. The summed E-state index contributed by atoms with van der Waals surface area (Å²) in [6.07, 6.45) is 7.17. The molecule has 1 heterocycles. The van der Waals surface area contributed by atoms with Gasteiger partial charge in [0.15, 0.2) is 5.78 Å². The van der Waals surface area contributed by atoms with E-state index >= 15 is 0 Å². The molecule has 0 saturated heterocycles. The van der Waals surface area contributed by atoms with Crippen LogP contribution < -0.4 is 4.74 Å². The van der Waals surface area contributed by atoms with E-state index in [1.165, 1.54) is 6.42 Å². The lowest BCUT2D eigenvalue weighted by molar-refractivity contribution is -0.153. The lowest BCUT2D eigenvalue weighted by atomic mass is 9.71. The third-order valence-electron chi connectivity index (χ3n) is 7.41. The highest BCUT2D eigenvalue weighted by atomic mass is 16.5. The van der Waals surface area contributed by atoms with Gasteiger partial charge < -0.3 is 9.47 Å². The summed E-state index contributed by atoms with van der Waals surface area (Å²) in [6, 6.07) is 17.8. The molecule has 0 amide bonds. The van der Waals surface area contributed by atoms with Crippen LogP contribution in [0.5, 0.6) is 5.75 Å². The molecule has 0 radical (unpaired) electrons. The van der Waals surface area contributed by atoms with E-state index in [4.69, 9.17) is 14.5 Å². The second kappa shape index (κ2) is 10.6. The van der Waals surface area contributed by atoms with Crippen LogP contribution in [-0.2, 0) is 20.9 Å². The topological polar surface area (TPSA) is 65.0 Å². The summed E-state index contributed by atoms with van der Waals surface area (Å²) in [5.74, 6) is -0.568. The molecule has 2 aromatic carbocycles. The molecule has 182 valence electrons. The van der Waals surface area contributed by atoms with Gasteiger partial charge >= 0.3 is 5.97 Å². The Bertz CT molecular complexity index is 1140. The normalized spacial score (nSPS) is 22.9. The van der Waals surface area contributed by atoms with Crippen molar-refractivity contribution in [1.29, 1.82) is 0 Å². The Morgan fingerprint density at radius 1 is 0.943 bits per heavy atom. The van der Waals surface area contributed by atoms with Crippen molar-refractivity contribution in [1.82, 2.24) is 0 Å². The Morgan fingerprint density at radius 3 is 2.49 bits per heavy atom. The van der Waals surface area contributed by atoms with Crippen LogP contribution in [0.4, 0.5) is 0 Å². The highest BCUT2D eigenvalue weighted by Gasteiger charge is 2.44. The lowest BCUT2D eigenvalue weighted by Crippen LogP contribution is -2.39. The van der Waals surface area contributed by atoms with Crippen LogP contribution in [0.2, 0.25) is 0 Å². The Balaban J connectivity index is 1.51. The maximum atomic E-state index is 13.7. The average molecular weight is 472 g/mol. The molecule has 5 heteroatoms. The summed E-state index contributed by atoms with van der Waals surface area (Å²) in [7, 11) is 0. The number of ketones is 1. The zero-order valence-corrected chi connectivity index (χ0v) is 20.4. The van der Waals surface area contributed by atoms with Crippen molar-refractivity contribution in [2.75, 3.05) is 0 Å². The fourth-order valence-electron chi connectivity index (χ4n) is 5.67. The monoisotopic (exact) mass is 471 g/mol. The zero-order chi connectivity index (χ0) is 24.2. The van der Waals surface area contributed by atoms with Crippen molar-refractivity contribution in [3.8, 4) is 5.75 Å². The van der Waals surface area contributed by atoms with E-state index in [9.17, 15) is 9.59 Å². The highest BCUT2D eigenvalue weighted by molar-refractivity contribution is 6.09. The van der Waals surface area contributed by atoms with E-state index in [-0.39, 0.29) is 17.9 Å². The first-order valence-corrected chi connectivity index (χ1v) is 12.9. The van der Waals surface area contributed by atoms with Crippen molar-refractivity contribution in [3.63, 3.8) is 0 Å². The minimum Gasteiger partial charge on any atom is -0.489 e. The molecule has 5 rings (SSSR count). The van der Waals surface area contributed by atoms with Crippen LogP contribution in [0.15, 0.2) is 70.9 Å². The van der Waals surface area contributed by atoms with E-state index in [2.05, 4.69) is 0 Å². The fourth-order valence-corrected chi connectivity index (χ4v) is 5.67. The molecule has 1 saturated carbocycles. The zero-order valence-electron chi connectivity index (χ0n) is 20.4.